The first-order valence-electron chi connectivity index (χ1n) is 17.2. The van der Waals surface area contributed by atoms with E-state index in [2.05, 4.69) is 41.6 Å². The van der Waals surface area contributed by atoms with E-state index < -0.39 is 6.67 Å². The second kappa shape index (κ2) is 12.7. The maximum Gasteiger partial charge on any atom is 0.262 e. The summed E-state index contributed by atoms with van der Waals surface area (Å²) in [6.45, 7) is 8.91. The van der Waals surface area contributed by atoms with Crippen LogP contribution < -0.4 is 26.2 Å². The minimum absolute atomic E-state index is 0.168. The van der Waals surface area contributed by atoms with Gasteiger partial charge in [0.2, 0.25) is 5.95 Å². The molecule has 1 aromatic heterocycles. The molecule has 5 aliphatic rings. The molecule has 0 radical (unpaired) electrons. The Morgan fingerprint density at radius 3 is 2.72 bits per heavy atom. The fourth-order valence-electron chi connectivity index (χ4n) is 8.01. The first kappa shape index (κ1) is 31.8. The number of hydrogen-bond acceptors (Lipinski definition) is 6. The van der Waals surface area contributed by atoms with Gasteiger partial charge in [-0.05, 0) is 85.1 Å². The maximum absolute atomic E-state index is 14.7. The number of guanidine groups is 1. The second-order valence-electron chi connectivity index (χ2n) is 14.6. The van der Waals surface area contributed by atoms with Gasteiger partial charge in [-0.25, -0.2) is 18.8 Å². The van der Waals surface area contributed by atoms with Gasteiger partial charge in [-0.15, -0.1) is 0 Å². The Bertz CT molecular complexity index is 1720. The number of alkyl halides is 1. The highest BCUT2D eigenvalue weighted by molar-refractivity contribution is 5.96. The molecule has 2 heterocycles. The minimum atomic E-state index is -0.435. The van der Waals surface area contributed by atoms with E-state index in [9.17, 15) is 13.6 Å². The van der Waals surface area contributed by atoms with Gasteiger partial charge in [-0.2, -0.15) is 0 Å². The lowest BCUT2D eigenvalue weighted by molar-refractivity contribution is -0.108. The molecule has 0 spiro atoms. The summed E-state index contributed by atoms with van der Waals surface area (Å²) in [6, 6.07) is 10.6. The second-order valence-corrected chi connectivity index (χ2v) is 14.6. The molecule has 11 heteroatoms. The van der Waals surface area contributed by atoms with Crippen LogP contribution >= 0.6 is 0 Å². The molecule has 3 N–H and O–H groups in total. The number of nitrogens with one attached hydrogen (secondary N) is 3. The summed E-state index contributed by atoms with van der Waals surface area (Å²) in [6.07, 6.45) is 4.71. The molecule has 2 aromatic carbocycles. The van der Waals surface area contributed by atoms with Gasteiger partial charge in [0.25, 0.3) is 5.56 Å². The zero-order valence-corrected chi connectivity index (χ0v) is 27.9. The van der Waals surface area contributed by atoms with Crippen molar-refractivity contribution in [3.8, 4) is 5.75 Å². The summed E-state index contributed by atoms with van der Waals surface area (Å²) < 4.78 is 35.2. The van der Waals surface area contributed by atoms with E-state index in [1.54, 1.807) is 22.8 Å². The molecule has 0 unspecified atom stereocenters. The quantitative estimate of drug-likeness (QED) is 0.210. The number of anilines is 2. The normalized spacial score (nSPS) is 27.0. The summed E-state index contributed by atoms with van der Waals surface area (Å²) in [5, 5.41) is 10.8. The molecular weight excluding hydrogens is 600 g/mol. The van der Waals surface area contributed by atoms with Crippen LogP contribution in [0.2, 0.25) is 0 Å². The van der Waals surface area contributed by atoms with E-state index in [0.29, 0.717) is 70.8 Å². The zero-order valence-electron chi connectivity index (χ0n) is 27.9. The summed E-state index contributed by atoms with van der Waals surface area (Å²) in [5.74, 6) is 3.14. The van der Waals surface area contributed by atoms with Crippen LogP contribution in [0.3, 0.4) is 0 Å². The number of halogens is 2. The molecule has 0 amide bonds. The summed E-state index contributed by atoms with van der Waals surface area (Å²) >= 11 is 0. The number of aliphatic imine (C=N–C) groups is 1. The molecule has 8 rings (SSSR count). The molecule has 1 aliphatic heterocycles. The van der Waals surface area contributed by atoms with Gasteiger partial charge in [0.1, 0.15) is 18.2 Å². The maximum atomic E-state index is 14.7. The van der Waals surface area contributed by atoms with E-state index in [0.717, 1.165) is 37.5 Å². The Labute approximate surface area is 275 Å². The van der Waals surface area contributed by atoms with Gasteiger partial charge in [-0.3, -0.25) is 9.36 Å². The van der Waals surface area contributed by atoms with E-state index in [1.165, 1.54) is 19.6 Å². The van der Waals surface area contributed by atoms with Crippen molar-refractivity contribution in [3.63, 3.8) is 0 Å². The van der Waals surface area contributed by atoms with Gasteiger partial charge in [-0.1, -0.05) is 26.8 Å². The van der Waals surface area contributed by atoms with E-state index in [4.69, 9.17) is 14.7 Å². The Morgan fingerprint density at radius 1 is 1.19 bits per heavy atom. The van der Waals surface area contributed by atoms with Crippen molar-refractivity contribution in [2.75, 3.05) is 44.1 Å². The van der Waals surface area contributed by atoms with Crippen LogP contribution in [0.15, 0.2) is 46.2 Å². The molecule has 2 bridgehead atoms. The fraction of sp³-hybridized carbons (Fsp3) is 0.583. The van der Waals surface area contributed by atoms with Gasteiger partial charge in [0.15, 0.2) is 5.96 Å². The molecule has 5 fully saturated rings. The molecular formula is C36H47F2N7O2. The van der Waals surface area contributed by atoms with Gasteiger partial charge in [0, 0.05) is 44.0 Å². The number of methoxy groups -OCH3 is 1. The molecule has 4 aliphatic carbocycles. The van der Waals surface area contributed by atoms with Crippen molar-refractivity contribution in [2.45, 2.75) is 77.5 Å². The average Bonchev–Trinajstić information content (AvgIpc) is 3.89. The third-order valence-electron chi connectivity index (χ3n) is 11.3. The van der Waals surface area contributed by atoms with Crippen molar-refractivity contribution in [1.29, 1.82) is 0 Å². The lowest BCUT2D eigenvalue weighted by Gasteiger charge is -2.61. The molecule has 3 aromatic rings. The number of benzene rings is 2. The largest absolute Gasteiger partial charge is 0.497 e. The Kier molecular flexibility index (Phi) is 8.61. The highest BCUT2D eigenvalue weighted by Gasteiger charge is 2.56. The Morgan fingerprint density at radius 2 is 2.02 bits per heavy atom. The molecule has 47 heavy (non-hydrogen) atoms. The lowest BCUT2D eigenvalue weighted by atomic mass is 9.45. The van der Waals surface area contributed by atoms with Gasteiger partial charge in [0.05, 0.1) is 30.1 Å². The molecule has 252 valence electrons. The topological polar surface area (TPSA) is 95.8 Å². The minimum Gasteiger partial charge on any atom is -0.497 e. The van der Waals surface area contributed by atoms with Crippen LogP contribution in [-0.2, 0) is 13.0 Å². The van der Waals surface area contributed by atoms with Crippen LogP contribution in [0, 0.1) is 29.0 Å². The monoisotopic (exact) mass is 647 g/mol. The van der Waals surface area contributed by atoms with Crippen LogP contribution in [0.4, 0.5) is 20.4 Å². The summed E-state index contributed by atoms with van der Waals surface area (Å²) in [7, 11) is 1.51. The molecule has 4 saturated carbocycles. The number of aromatic nitrogens is 2. The Hall–Kier alpha value is -3.73. The zero-order chi connectivity index (χ0) is 32.9. The number of piperazine rings is 1. The average molecular weight is 648 g/mol. The first-order chi connectivity index (χ1) is 22.6. The Balaban J connectivity index is 1.18. The van der Waals surface area contributed by atoms with Gasteiger partial charge >= 0.3 is 0 Å². The lowest BCUT2D eigenvalue weighted by Crippen LogP contribution is -2.58. The van der Waals surface area contributed by atoms with Crippen molar-refractivity contribution < 1.29 is 13.5 Å². The molecule has 9 nitrogen and oxygen atoms in total. The van der Waals surface area contributed by atoms with Crippen LogP contribution in [0.25, 0.3) is 10.9 Å². The fourth-order valence-corrected chi connectivity index (χ4v) is 8.01. The highest BCUT2D eigenvalue weighted by Crippen LogP contribution is 2.61. The number of rotatable bonds is 9. The van der Waals surface area contributed by atoms with Gasteiger partial charge < -0.3 is 25.6 Å². The van der Waals surface area contributed by atoms with Crippen molar-refractivity contribution >= 4 is 28.5 Å². The number of fused-ring (bicyclic) bond motifs is 3. The summed E-state index contributed by atoms with van der Waals surface area (Å²) in [4.78, 5) is 26.3. The third kappa shape index (κ3) is 6.30. The standard InChI is InChI=1S/C36H47F2N7O2/c1-21-29-15-23(36(29,2)3)16-31(21)42-34(44-14-12-39-26(19-37)20-44)41-25-8-10-28-32(17-25)43-35(40-24-6-7-24)45(33(28)46)13-11-22-5-9-27(47-4)18-30(22)38/h5,8-10,17-18,21,23-24,26,29,31,39H,6-7,11-16,19-20H2,1-4H3,(H,40,43)(H,41,42)/t21-,23+,26-,29-,31-/m0/s1. The van der Waals surface area contributed by atoms with Crippen LogP contribution in [-0.4, -0.2) is 72.0 Å². The number of nitrogens with zero attached hydrogens (tertiary/aromatic N) is 4. The summed E-state index contributed by atoms with van der Waals surface area (Å²) in [5.41, 5.74) is 2.06. The predicted molar refractivity (Wildman–Crippen MR) is 183 cm³/mol. The first-order valence-corrected chi connectivity index (χ1v) is 17.2. The van der Waals surface area contributed by atoms with E-state index >= 15 is 0 Å². The third-order valence-corrected chi connectivity index (χ3v) is 11.3. The van der Waals surface area contributed by atoms with Crippen molar-refractivity contribution in [2.24, 2.45) is 28.2 Å². The van der Waals surface area contributed by atoms with Crippen molar-refractivity contribution in [1.82, 2.24) is 19.8 Å². The number of aryl methyl sites for hydroxylation is 1. The highest BCUT2D eigenvalue weighted by atomic mass is 19.1. The van der Waals surface area contributed by atoms with Crippen LogP contribution in [0.5, 0.6) is 5.75 Å². The number of ether oxygens (including phenoxy) is 1. The van der Waals surface area contributed by atoms with E-state index in [-0.39, 0.29) is 36.0 Å². The molecule has 5 atom stereocenters. The number of hydrogen-bond donors (Lipinski definition) is 3. The SMILES string of the molecule is COc1ccc(CCn2c(NC3CC3)nc3cc(NC(=N[C@H]4C[C@H]5C[C@@H]([C@@H]4C)C5(C)C)N4CCN[C@@H](CF)C4)ccc3c2=O)c(F)c1. The smallest absolute Gasteiger partial charge is 0.262 e. The molecule has 1 saturated heterocycles. The van der Waals surface area contributed by atoms with Crippen molar-refractivity contribution in [3.05, 3.63) is 58.1 Å². The van der Waals surface area contributed by atoms with E-state index in [1.807, 2.05) is 12.1 Å². The van der Waals surface area contributed by atoms with Crippen LogP contribution in [0.1, 0.15) is 52.0 Å². The predicted octanol–water partition coefficient (Wildman–Crippen LogP) is 5.44.